The van der Waals surface area contributed by atoms with Gasteiger partial charge < -0.3 is 28.1 Å². The molecule has 1 aromatic heterocycles. The van der Waals surface area contributed by atoms with E-state index in [2.05, 4.69) is 0 Å². The van der Waals surface area contributed by atoms with Crippen LogP contribution in [0.2, 0.25) is 0 Å². The molecule has 7 atom stereocenters. The van der Waals surface area contributed by atoms with E-state index < -0.39 is 58.6 Å². The summed E-state index contributed by atoms with van der Waals surface area (Å²) < 4.78 is 34.7. The van der Waals surface area contributed by atoms with Gasteiger partial charge in [0.15, 0.2) is 12.2 Å². The van der Waals surface area contributed by atoms with Crippen LogP contribution in [0.25, 0.3) is 0 Å². The summed E-state index contributed by atoms with van der Waals surface area (Å²) in [6.45, 7) is 12.1. The van der Waals surface area contributed by atoms with Crippen LogP contribution in [0.15, 0.2) is 69.6 Å². The van der Waals surface area contributed by atoms with E-state index in [-0.39, 0.29) is 24.0 Å². The molecule has 10 nitrogen and oxygen atoms in total. The van der Waals surface area contributed by atoms with Gasteiger partial charge in [0.2, 0.25) is 0 Å². The van der Waals surface area contributed by atoms with Crippen LogP contribution in [0.3, 0.4) is 0 Å². The standard InChI is InChI=1S/C34H40O10/c1-9-18(2)30(37)42-29-26(41-20(4)35)14-23(34-27(43-34)15-25(33(29,34)7)21-10-11-40-17-21)13-22-12-19(3)24(16-28(36)39-8)32(5,6)44-31(22)38/h9-14,17,24-27,29H,15-16H2,1-8H3. The number of ether oxygens (including phenoxy) is 5. The Hall–Kier alpha value is -3.92. The first-order chi connectivity index (χ1) is 20.7. The van der Waals surface area contributed by atoms with Crippen LogP contribution < -0.4 is 0 Å². The van der Waals surface area contributed by atoms with Crippen molar-refractivity contribution in [3.8, 4) is 0 Å². The Morgan fingerprint density at radius 3 is 2.48 bits per heavy atom. The number of carbonyl (C=O) groups is 4. The van der Waals surface area contributed by atoms with Crippen molar-refractivity contribution in [2.45, 2.75) is 96.7 Å². The predicted molar refractivity (Wildman–Crippen MR) is 157 cm³/mol. The second-order valence-corrected chi connectivity index (χ2v) is 12.8. The number of allylic oxidation sites excluding steroid dienone is 1. The molecular weight excluding hydrogens is 568 g/mol. The van der Waals surface area contributed by atoms with Gasteiger partial charge in [0.25, 0.3) is 0 Å². The normalized spacial score (nSPS) is 34.9. The molecule has 1 spiro atoms. The van der Waals surface area contributed by atoms with Gasteiger partial charge in [-0.1, -0.05) is 18.6 Å². The molecule has 1 aromatic rings. The molecule has 2 aliphatic heterocycles. The number of cyclic esters (lactones) is 1. The minimum Gasteiger partial charge on any atom is -0.472 e. The maximum atomic E-state index is 13.6. The lowest BCUT2D eigenvalue weighted by Gasteiger charge is -2.49. The minimum atomic E-state index is -0.988. The van der Waals surface area contributed by atoms with Crippen molar-refractivity contribution in [3.05, 3.63) is 70.8 Å². The molecule has 2 fully saturated rings. The zero-order chi connectivity index (χ0) is 32.2. The van der Waals surface area contributed by atoms with E-state index in [0.717, 1.165) is 11.1 Å². The van der Waals surface area contributed by atoms with Crippen molar-refractivity contribution in [1.82, 2.24) is 0 Å². The van der Waals surface area contributed by atoms with Crippen molar-refractivity contribution in [1.29, 1.82) is 0 Å². The molecule has 236 valence electrons. The number of epoxide rings is 1. The molecule has 2 aliphatic carbocycles. The highest BCUT2D eigenvalue weighted by atomic mass is 16.6. The van der Waals surface area contributed by atoms with Crippen LogP contribution >= 0.6 is 0 Å². The fourth-order valence-electron chi connectivity index (χ4n) is 7.46. The lowest BCUT2D eigenvalue weighted by molar-refractivity contribution is -0.178. The van der Waals surface area contributed by atoms with Gasteiger partial charge in [-0.25, -0.2) is 9.59 Å². The Bertz CT molecular complexity index is 1490. The van der Waals surface area contributed by atoms with Crippen LogP contribution in [-0.2, 0) is 42.9 Å². The summed E-state index contributed by atoms with van der Waals surface area (Å²) in [6, 6.07) is 1.88. The van der Waals surface area contributed by atoms with E-state index in [9.17, 15) is 19.2 Å². The third-order valence-corrected chi connectivity index (χ3v) is 9.87. The smallest absolute Gasteiger partial charge is 0.338 e. The number of methoxy groups -OCH3 is 1. The molecule has 0 radical (unpaired) electrons. The average molecular weight is 609 g/mol. The SMILES string of the molecule is CC=C(C)C(=O)OC1C(OC(C)=O)C=C(C=C2C=C(C)C(CC(=O)OC)C(C)(C)OC2=O)C23OC2CC(c2ccoc2)C13C. The highest BCUT2D eigenvalue weighted by Crippen LogP contribution is 2.73. The number of furan rings is 1. The lowest BCUT2D eigenvalue weighted by Crippen LogP contribution is -2.58. The van der Waals surface area contributed by atoms with Crippen molar-refractivity contribution < 1.29 is 47.3 Å². The van der Waals surface area contributed by atoms with Gasteiger partial charge in [-0.05, 0) is 76.5 Å². The number of hydrogen-bond acceptors (Lipinski definition) is 10. The summed E-state index contributed by atoms with van der Waals surface area (Å²) in [5, 5.41) is 0. The van der Waals surface area contributed by atoms with Gasteiger partial charge in [-0.15, -0.1) is 0 Å². The maximum absolute atomic E-state index is 13.6. The molecule has 1 saturated carbocycles. The quantitative estimate of drug-likeness (QED) is 0.179. The molecule has 10 heteroatoms. The highest BCUT2D eigenvalue weighted by Gasteiger charge is 2.81. The molecule has 7 unspecified atom stereocenters. The van der Waals surface area contributed by atoms with Gasteiger partial charge in [-0.2, -0.15) is 0 Å². The third kappa shape index (κ3) is 5.02. The first-order valence-corrected chi connectivity index (χ1v) is 14.8. The van der Waals surface area contributed by atoms with Gasteiger partial charge in [0.1, 0.15) is 11.2 Å². The van der Waals surface area contributed by atoms with Crippen LogP contribution in [0, 0.1) is 11.3 Å². The van der Waals surface area contributed by atoms with Crippen molar-refractivity contribution in [2.24, 2.45) is 11.3 Å². The van der Waals surface area contributed by atoms with Gasteiger partial charge in [0.05, 0.1) is 43.1 Å². The van der Waals surface area contributed by atoms with Crippen LogP contribution in [-0.4, -0.2) is 60.5 Å². The molecule has 5 rings (SSSR count). The summed E-state index contributed by atoms with van der Waals surface area (Å²) in [6.07, 6.45) is 8.56. The summed E-state index contributed by atoms with van der Waals surface area (Å²) in [4.78, 5) is 51.4. The van der Waals surface area contributed by atoms with E-state index in [0.29, 0.717) is 17.6 Å². The zero-order valence-corrected chi connectivity index (χ0v) is 26.4. The monoisotopic (exact) mass is 608 g/mol. The zero-order valence-electron chi connectivity index (χ0n) is 26.4. The van der Waals surface area contributed by atoms with E-state index in [1.807, 2.05) is 19.9 Å². The second kappa shape index (κ2) is 11.2. The van der Waals surface area contributed by atoms with Gasteiger partial charge >= 0.3 is 23.9 Å². The van der Waals surface area contributed by atoms with Crippen molar-refractivity contribution >= 4 is 23.9 Å². The van der Waals surface area contributed by atoms with E-state index in [4.69, 9.17) is 28.1 Å². The van der Waals surface area contributed by atoms with Gasteiger partial charge in [0, 0.05) is 24.3 Å². The fraction of sp³-hybridized carbons (Fsp3) is 0.529. The molecular formula is C34H40O10. The van der Waals surface area contributed by atoms with E-state index >= 15 is 0 Å². The molecule has 0 aromatic carbocycles. The molecule has 0 bridgehead atoms. The van der Waals surface area contributed by atoms with E-state index in [1.165, 1.54) is 14.0 Å². The van der Waals surface area contributed by atoms with Gasteiger partial charge in [-0.3, -0.25) is 9.59 Å². The van der Waals surface area contributed by atoms with E-state index in [1.54, 1.807) is 64.5 Å². The van der Waals surface area contributed by atoms with Crippen molar-refractivity contribution in [3.63, 3.8) is 0 Å². The first-order valence-electron chi connectivity index (χ1n) is 14.8. The summed E-state index contributed by atoms with van der Waals surface area (Å²) >= 11 is 0. The molecule has 0 amide bonds. The Morgan fingerprint density at radius 2 is 1.86 bits per heavy atom. The predicted octanol–water partition coefficient (Wildman–Crippen LogP) is 5.05. The summed E-state index contributed by atoms with van der Waals surface area (Å²) in [7, 11) is 1.32. The number of hydrogen-bond donors (Lipinski definition) is 0. The molecule has 3 heterocycles. The number of esters is 4. The lowest BCUT2D eigenvalue weighted by atomic mass is 9.60. The number of rotatable bonds is 7. The minimum absolute atomic E-state index is 0.0435. The molecule has 44 heavy (non-hydrogen) atoms. The second-order valence-electron chi connectivity index (χ2n) is 12.8. The molecule has 0 N–H and O–H groups in total. The maximum Gasteiger partial charge on any atom is 0.338 e. The first kappa shape index (κ1) is 31.5. The largest absolute Gasteiger partial charge is 0.472 e. The van der Waals surface area contributed by atoms with Crippen LogP contribution in [0.4, 0.5) is 0 Å². The summed E-state index contributed by atoms with van der Waals surface area (Å²) in [5.74, 6) is -2.66. The molecule has 4 aliphatic rings. The van der Waals surface area contributed by atoms with Crippen LogP contribution in [0.1, 0.15) is 72.8 Å². The van der Waals surface area contributed by atoms with Crippen molar-refractivity contribution in [2.75, 3.05) is 7.11 Å². The Morgan fingerprint density at radius 1 is 1.14 bits per heavy atom. The highest BCUT2D eigenvalue weighted by molar-refractivity contribution is 5.93. The topological polar surface area (TPSA) is 131 Å². The number of carbonyl (C=O) groups excluding carboxylic acids is 4. The van der Waals surface area contributed by atoms with Crippen LogP contribution in [0.5, 0.6) is 0 Å². The third-order valence-electron chi connectivity index (χ3n) is 9.87. The average Bonchev–Trinajstić information content (AvgIpc) is 3.32. The Labute approximate surface area is 257 Å². The summed E-state index contributed by atoms with van der Waals surface area (Å²) in [5.41, 5.74) is 0.103. The fourth-order valence-corrected chi connectivity index (χ4v) is 7.46. The molecule has 1 saturated heterocycles. The Balaban J connectivity index is 1.66. The Kier molecular flexibility index (Phi) is 8.03.